The van der Waals surface area contributed by atoms with Gasteiger partial charge >= 0.3 is 18.2 Å². The van der Waals surface area contributed by atoms with Crippen molar-refractivity contribution in [2.75, 3.05) is 0 Å². The van der Waals surface area contributed by atoms with Gasteiger partial charge in [0.15, 0.2) is 0 Å². The zero-order valence-electron chi connectivity index (χ0n) is 5.56. The molecule has 1 aromatic rings. The zero-order chi connectivity index (χ0) is 7.82. The van der Waals surface area contributed by atoms with Crippen molar-refractivity contribution in [1.82, 2.24) is 0 Å². The van der Waals surface area contributed by atoms with E-state index in [1.54, 1.807) is 0 Å². The van der Waals surface area contributed by atoms with Crippen molar-refractivity contribution in [3.8, 4) is 0 Å². The van der Waals surface area contributed by atoms with Crippen molar-refractivity contribution in [2.24, 2.45) is 0 Å². The molecule has 1 rings (SSSR count). The zero-order valence-corrected chi connectivity index (χ0v) is 8.48. The molecule has 10 heavy (non-hydrogen) atoms. The molecule has 3 heteroatoms. The Balaban J connectivity index is 0.000000236. The molecule has 0 saturated carbocycles. The summed E-state index contributed by atoms with van der Waals surface area (Å²) < 4.78 is 0. The van der Waals surface area contributed by atoms with Crippen LogP contribution >= 0.6 is 18.1 Å². The molecule has 0 spiro atoms. The quantitative estimate of drug-likeness (QED) is 0.547. The molecule has 0 amide bonds. The lowest BCUT2D eigenvalue weighted by atomic mass is 10.2. The first-order valence-corrected chi connectivity index (χ1v) is 7.07. The van der Waals surface area contributed by atoms with E-state index in [1.807, 2.05) is 30.3 Å². The first-order chi connectivity index (χ1) is 4.81. The largest absolute Gasteiger partial charge is 0.618 e. The summed E-state index contributed by atoms with van der Waals surface area (Å²) in [5.41, 5.74) is 1.07. The van der Waals surface area contributed by atoms with Crippen molar-refractivity contribution in [3.05, 3.63) is 42.8 Å². The van der Waals surface area contributed by atoms with Gasteiger partial charge in [-0.25, -0.2) is 0 Å². The van der Waals surface area contributed by atoms with Crippen LogP contribution in [-0.2, 0) is 0 Å². The molecule has 0 N–H and O–H groups in total. The summed E-state index contributed by atoms with van der Waals surface area (Å²) in [7, 11) is 9.81. The first kappa shape index (κ1) is 10.6. The van der Waals surface area contributed by atoms with E-state index in [9.17, 15) is 0 Å². The minimum atomic E-state index is -0.639. The molecule has 1 aromatic carbocycles. The lowest BCUT2D eigenvalue weighted by molar-refractivity contribution is 1.62. The van der Waals surface area contributed by atoms with Gasteiger partial charge in [-0.1, -0.05) is 30.3 Å². The fourth-order valence-electron chi connectivity index (χ4n) is 0.478. The van der Waals surface area contributed by atoms with Gasteiger partial charge in [0.25, 0.3) is 0 Å². The Morgan fingerprint density at radius 1 is 1.10 bits per heavy atom. The second-order valence-corrected chi connectivity index (χ2v) is 4.21. The molecule has 0 aliphatic carbocycles. The summed E-state index contributed by atoms with van der Waals surface area (Å²) in [6, 6.07) is 9.87. The lowest BCUT2D eigenvalue weighted by Gasteiger charge is -1.82. The Morgan fingerprint density at radius 3 is 1.70 bits per heavy atom. The number of rotatable bonds is 0. The molecule has 0 aliphatic rings. The molecule has 0 heterocycles. The van der Waals surface area contributed by atoms with Gasteiger partial charge in [-0.2, -0.15) is 0 Å². The first-order valence-electron chi connectivity index (χ1n) is 2.80. The highest BCUT2D eigenvalue weighted by Gasteiger charge is 1.72. The number of benzene rings is 1. The van der Waals surface area contributed by atoms with Crippen LogP contribution in [0.4, 0.5) is 0 Å². The third-order valence-electron chi connectivity index (χ3n) is 0.843. The van der Waals surface area contributed by atoms with Crippen LogP contribution in [0.25, 0.3) is 0 Å². The average Bonchev–Trinajstić information content (AvgIpc) is 1.91. The predicted octanol–water partition coefficient (Wildman–Crippen LogP) is 2.87. The van der Waals surface area contributed by atoms with Crippen LogP contribution in [0.3, 0.4) is 0 Å². The Bertz CT molecular complexity index is 153. The molecular weight excluding hydrogens is 179 g/mol. The van der Waals surface area contributed by atoms with Crippen LogP contribution in [0.2, 0.25) is 0 Å². The third kappa shape index (κ3) is 6.68. The van der Waals surface area contributed by atoms with E-state index in [0.29, 0.717) is 0 Å². The molecular formula is C7H7Cl2Mg. The Kier molecular flexibility index (Phi) is 8.11. The standard InChI is InChI=1S/C7H7.2ClH.Mg/c1-7-5-3-2-4-6-7;;;/h2-6H,1H2;2*1H;/q;;;+2/p-2. The molecule has 0 nitrogen and oxygen atoms in total. The highest BCUT2D eigenvalue weighted by molar-refractivity contribution is 7.22. The summed E-state index contributed by atoms with van der Waals surface area (Å²) >= 11 is -0.639. The number of halogens is 2. The van der Waals surface area contributed by atoms with Crippen molar-refractivity contribution in [3.63, 3.8) is 0 Å². The van der Waals surface area contributed by atoms with Crippen LogP contribution in [0.5, 0.6) is 0 Å². The van der Waals surface area contributed by atoms with E-state index in [4.69, 9.17) is 18.1 Å². The minimum Gasteiger partial charge on any atom is -0.309 e. The molecule has 0 unspecified atom stereocenters. The molecule has 0 fully saturated rings. The van der Waals surface area contributed by atoms with Gasteiger partial charge in [0.1, 0.15) is 0 Å². The number of hydrogen-bond acceptors (Lipinski definition) is 0. The van der Waals surface area contributed by atoms with Gasteiger partial charge in [-0.3, -0.25) is 0 Å². The Labute approximate surface area is 78.8 Å². The molecule has 0 aromatic heterocycles. The summed E-state index contributed by atoms with van der Waals surface area (Å²) in [4.78, 5) is 0. The predicted molar refractivity (Wildman–Crippen MR) is 48.4 cm³/mol. The highest BCUT2D eigenvalue weighted by Crippen LogP contribution is 1.92. The smallest absolute Gasteiger partial charge is 0.309 e. The van der Waals surface area contributed by atoms with Gasteiger partial charge in [-0.15, -0.1) is 0 Å². The highest BCUT2D eigenvalue weighted by atomic mass is 35.6. The van der Waals surface area contributed by atoms with Gasteiger partial charge in [0.05, 0.1) is 0 Å². The summed E-state index contributed by atoms with van der Waals surface area (Å²) in [5, 5.41) is 0. The Hall–Kier alpha value is 0.566. The van der Waals surface area contributed by atoms with Gasteiger partial charge in [0.2, 0.25) is 0 Å². The normalized spacial score (nSPS) is 7.10. The molecule has 0 saturated heterocycles. The van der Waals surface area contributed by atoms with E-state index in [0.717, 1.165) is 5.56 Å². The van der Waals surface area contributed by atoms with E-state index in [1.165, 1.54) is 0 Å². The maximum atomic E-state index is 4.90. The lowest BCUT2D eigenvalue weighted by Crippen LogP contribution is -1.62. The maximum Gasteiger partial charge on any atom is 0.618 e. The third-order valence-corrected chi connectivity index (χ3v) is 0.843. The average molecular weight is 186 g/mol. The topological polar surface area (TPSA) is 0 Å². The molecule has 0 aliphatic heterocycles. The molecule has 1 radical (unpaired) electrons. The SMILES string of the molecule is [CH2]c1ccccc1.[Cl][Mg][Cl]. The summed E-state index contributed by atoms with van der Waals surface area (Å²) in [6.45, 7) is 3.72. The fraction of sp³-hybridized carbons (Fsp3) is 0. The minimum absolute atomic E-state index is 0.639. The van der Waals surface area contributed by atoms with Gasteiger partial charge < -0.3 is 18.1 Å². The van der Waals surface area contributed by atoms with Gasteiger partial charge in [-0.05, 0) is 12.5 Å². The molecule has 0 atom stereocenters. The second kappa shape index (κ2) is 7.67. The van der Waals surface area contributed by atoms with Crippen molar-refractivity contribution in [2.45, 2.75) is 0 Å². The van der Waals surface area contributed by atoms with E-state index in [2.05, 4.69) is 6.92 Å². The molecule has 51 valence electrons. The maximum absolute atomic E-state index is 4.90. The monoisotopic (exact) mass is 185 g/mol. The second-order valence-electron chi connectivity index (χ2n) is 1.59. The Morgan fingerprint density at radius 2 is 1.50 bits per heavy atom. The van der Waals surface area contributed by atoms with Crippen LogP contribution in [0.15, 0.2) is 30.3 Å². The van der Waals surface area contributed by atoms with Crippen molar-refractivity contribution in [1.29, 1.82) is 0 Å². The van der Waals surface area contributed by atoms with Crippen molar-refractivity contribution >= 4 is 36.3 Å². The van der Waals surface area contributed by atoms with Crippen LogP contribution in [0, 0.1) is 6.92 Å². The molecule has 0 bridgehead atoms. The fourth-order valence-corrected chi connectivity index (χ4v) is 0.478. The van der Waals surface area contributed by atoms with Gasteiger partial charge in [0, 0.05) is 0 Å². The summed E-state index contributed by atoms with van der Waals surface area (Å²) in [5.74, 6) is 0. The summed E-state index contributed by atoms with van der Waals surface area (Å²) in [6.07, 6.45) is 0. The number of hydrogen-bond donors (Lipinski definition) is 0. The van der Waals surface area contributed by atoms with E-state index >= 15 is 0 Å². The van der Waals surface area contributed by atoms with Crippen molar-refractivity contribution < 1.29 is 0 Å². The van der Waals surface area contributed by atoms with Crippen LogP contribution in [0.1, 0.15) is 5.56 Å². The van der Waals surface area contributed by atoms with E-state index < -0.39 is 18.2 Å². The van der Waals surface area contributed by atoms with Crippen LogP contribution in [-0.4, -0.2) is 18.2 Å². The van der Waals surface area contributed by atoms with E-state index in [-0.39, 0.29) is 0 Å². The van der Waals surface area contributed by atoms with Crippen LogP contribution < -0.4 is 0 Å².